The summed E-state index contributed by atoms with van der Waals surface area (Å²) in [5.74, 6) is -0.621. The first-order valence-electron chi connectivity index (χ1n) is 5.70. The highest BCUT2D eigenvalue weighted by Gasteiger charge is 2.08. The average Bonchev–Trinajstić information content (AvgIpc) is 2.36. The standard InChI is InChI=1S/C13H17NO3S/c1-10(11-5-3-2-4-6-11)7-14-12(15)8-18-9-13(16)17/h2-6,10H,7-9H2,1H3,(H,14,15)(H,16,17)/t10-/m0/s1. The van der Waals surface area contributed by atoms with Gasteiger partial charge in [0.15, 0.2) is 0 Å². The lowest BCUT2D eigenvalue weighted by molar-refractivity contribution is -0.133. The van der Waals surface area contributed by atoms with Gasteiger partial charge in [0.1, 0.15) is 0 Å². The number of nitrogens with one attached hydrogen (secondary N) is 1. The Kier molecular flexibility index (Phi) is 6.28. The van der Waals surface area contributed by atoms with E-state index in [-0.39, 0.29) is 23.3 Å². The third-order valence-corrected chi connectivity index (χ3v) is 3.35. The van der Waals surface area contributed by atoms with Gasteiger partial charge < -0.3 is 10.4 Å². The molecule has 0 aliphatic rings. The van der Waals surface area contributed by atoms with Crippen LogP contribution in [0.3, 0.4) is 0 Å². The van der Waals surface area contributed by atoms with E-state index in [0.717, 1.165) is 11.8 Å². The number of aliphatic carboxylic acids is 1. The van der Waals surface area contributed by atoms with E-state index in [2.05, 4.69) is 5.32 Å². The monoisotopic (exact) mass is 267 g/mol. The van der Waals surface area contributed by atoms with Gasteiger partial charge >= 0.3 is 5.97 Å². The minimum Gasteiger partial charge on any atom is -0.481 e. The summed E-state index contributed by atoms with van der Waals surface area (Å²) in [6.07, 6.45) is 0. The van der Waals surface area contributed by atoms with Crippen molar-refractivity contribution in [3.8, 4) is 0 Å². The first-order valence-corrected chi connectivity index (χ1v) is 6.86. The molecule has 4 nitrogen and oxygen atoms in total. The molecule has 1 aromatic rings. The van der Waals surface area contributed by atoms with Gasteiger partial charge in [0.25, 0.3) is 0 Å². The molecule has 0 aromatic heterocycles. The van der Waals surface area contributed by atoms with Gasteiger partial charge in [0, 0.05) is 6.54 Å². The summed E-state index contributed by atoms with van der Waals surface area (Å²) in [6, 6.07) is 9.94. The molecule has 0 fully saturated rings. The van der Waals surface area contributed by atoms with Crippen LogP contribution in [0, 0.1) is 0 Å². The maximum absolute atomic E-state index is 11.4. The molecule has 18 heavy (non-hydrogen) atoms. The number of benzene rings is 1. The summed E-state index contributed by atoms with van der Waals surface area (Å²) in [5, 5.41) is 11.2. The van der Waals surface area contributed by atoms with Crippen LogP contribution in [0.25, 0.3) is 0 Å². The lowest BCUT2D eigenvalue weighted by Gasteiger charge is -2.12. The topological polar surface area (TPSA) is 66.4 Å². The summed E-state index contributed by atoms with van der Waals surface area (Å²) in [5.41, 5.74) is 1.18. The van der Waals surface area contributed by atoms with Gasteiger partial charge in [0.2, 0.25) is 5.91 Å². The minimum atomic E-state index is -0.898. The van der Waals surface area contributed by atoms with Crippen molar-refractivity contribution >= 4 is 23.6 Å². The zero-order valence-corrected chi connectivity index (χ0v) is 11.1. The summed E-state index contributed by atoms with van der Waals surface area (Å²) < 4.78 is 0. The molecule has 0 unspecified atom stereocenters. The lowest BCUT2D eigenvalue weighted by atomic mass is 10.0. The van der Waals surface area contributed by atoms with Crippen LogP contribution in [-0.4, -0.2) is 35.0 Å². The quantitative estimate of drug-likeness (QED) is 0.789. The highest BCUT2D eigenvalue weighted by Crippen LogP contribution is 2.13. The van der Waals surface area contributed by atoms with Crippen molar-refractivity contribution in [3.05, 3.63) is 35.9 Å². The van der Waals surface area contributed by atoms with Gasteiger partial charge in [-0.15, -0.1) is 11.8 Å². The molecule has 1 atom stereocenters. The molecule has 0 radical (unpaired) electrons. The molecule has 0 saturated carbocycles. The lowest BCUT2D eigenvalue weighted by Crippen LogP contribution is -2.29. The van der Waals surface area contributed by atoms with Crippen LogP contribution in [0.5, 0.6) is 0 Å². The van der Waals surface area contributed by atoms with Crippen molar-refractivity contribution in [2.45, 2.75) is 12.8 Å². The number of hydrogen-bond donors (Lipinski definition) is 2. The largest absolute Gasteiger partial charge is 0.481 e. The van der Waals surface area contributed by atoms with Crippen LogP contribution < -0.4 is 5.32 Å². The number of carboxylic acid groups (broad SMARTS) is 1. The van der Waals surface area contributed by atoms with Gasteiger partial charge in [-0.3, -0.25) is 9.59 Å². The molecule has 0 heterocycles. The van der Waals surface area contributed by atoms with Crippen molar-refractivity contribution in [3.63, 3.8) is 0 Å². The van der Waals surface area contributed by atoms with Crippen molar-refractivity contribution in [2.24, 2.45) is 0 Å². The number of carbonyl (C=O) groups excluding carboxylic acids is 1. The number of rotatable bonds is 7. The number of hydrogen-bond acceptors (Lipinski definition) is 3. The Labute approximate surface area is 111 Å². The average molecular weight is 267 g/mol. The van der Waals surface area contributed by atoms with Gasteiger partial charge in [0.05, 0.1) is 11.5 Å². The van der Waals surface area contributed by atoms with Crippen LogP contribution in [0.4, 0.5) is 0 Å². The van der Waals surface area contributed by atoms with Crippen molar-refractivity contribution in [1.29, 1.82) is 0 Å². The Hall–Kier alpha value is -1.49. The number of carboxylic acids is 1. The first-order chi connectivity index (χ1) is 8.59. The zero-order valence-electron chi connectivity index (χ0n) is 10.3. The van der Waals surface area contributed by atoms with E-state index in [0.29, 0.717) is 6.54 Å². The molecule has 0 saturated heterocycles. The van der Waals surface area contributed by atoms with Crippen LogP contribution >= 0.6 is 11.8 Å². The second-order valence-corrected chi connectivity index (χ2v) is 4.99. The van der Waals surface area contributed by atoms with Gasteiger partial charge in [-0.05, 0) is 11.5 Å². The summed E-state index contributed by atoms with van der Waals surface area (Å²) in [4.78, 5) is 21.7. The van der Waals surface area contributed by atoms with E-state index in [1.165, 1.54) is 5.56 Å². The highest BCUT2D eigenvalue weighted by atomic mass is 32.2. The SMILES string of the molecule is C[C@@H](CNC(=O)CSCC(=O)O)c1ccccc1. The highest BCUT2D eigenvalue weighted by molar-refractivity contribution is 8.00. The fraction of sp³-hybridized carbons (Fsp3) is 0.385. The fourth-order valence-corrected chi connectivity index (χ4v) is 2.01. The molecular weight excluding hydrogens is 250 g/mol. The minimum absolute atomic E-state index is 0.0400. The number of carbonyl (C=O) groups is 2. The van der Waals surface area contributed by atoms with E-state index in [1.807, 2.05) is 37.3 Å². The first kappa shape index (κ1) is 14.6. The number of thioether (sulfide) groups is 1. The predicted octanol–water partition coefficient (Wildman–Crippen LogP) is 1.72. The normalized spacial score (nSPS) is 11.8. The Morgan fingerprint density at radius 2 is 1.94 bits per heavy atom. The van der Waals surface area contributed by atoms with Crippen LogP contribution in [0.1, 0.15) is 18.4 Å². The van der Waals surface area contributed by atoms with Gasteiger partial charge in [-0.2, -0.15) is 0 Å². The summed E-state index contributed by atoms with van der Waals surface area (Å²) in [6.45, 7) is 2.61. The molecule has 0 bridgehead atoms. The molecule has 5 heteroatoms. The van der Waals surface area contributed by atoms with E-state index in [9.17, 15) is 9.59 Å². The van der Waals surface area contributed by atoms with Crippen LogP contribution in [0.2, 0.25) is 0 Å². The molecule has 1 aromatic carbocycles. The molecule has 1 rings (SSSR count). The molecular formula is C13H17NO3S. The maximum Gasteiger partial charge on any atom is 0.313 e. The molecule has 0 aliphatic heterocycles. The molecule has 2 N–H and O–H groups in total. The second kappa shape index (κ2) is 7.76. The van der Waals surface area contributed by atoms with Crippen molar-refractivity contribution < 1.29 is 14.7 Å². The van der Waals surface area contributed by atoms with E-state index in [1.54, 1.807) is 0 Å². The van der Waals surface area contributed by atoms with Crippen molar-refractivity contribution in [2.75, 3.05) is 18.1 Å². The van der Waals surface area contributed by atoms with E-state index >= 15 is 0 Å². The molecule has 98 valence electrons. The smallest absolute Gasteiger partial charge is 0.313 e. The van der Waals surface area contributed by atoms with E-state index in [4.69, 9.17) is 5.11 Å². The zero-order chi connectivity index (χ0) is 13.4. The Morgan fingerprint density at radius 1 is 1.28 bits per heavy atom. The molecule has 0 aliphatic carbocycles. The fourth-order valence-electron chi connectivity index (χ4n) is 1.45. The van der Waals surface area contributed by atoms with Gasteiger partial charge in [-0.1, -0.05) is 37.3 Å². The number of amides is 1. The summed E-state index contributed by atoms with van der Waals surface area (Å²) in [7, 11) is 0. The Balaban J connectivity index is 2.24. The van der Waals surface area contributed by atoms with Crippen molar-refractivity contribution in [1.82, 2.24) is 5.32 Å². The summed E-state index contributed by atoms with van der Waals surface area (Å²) >= 11 is 1.11. The Bertz CT molecular complexity index is 394. The maximum atomic E-state index is 11.4. The Morgan fingerprint density at radius 3 is 2.56 bits per heavy atom. The van der Waals surface area contributed by atoms with Gasteiger partial charge in [-0.25, -0.2) is 0 Å². The van der Waals surface area contributed by atoms with Crippen LogP contribution in [-0.2, 0) is 9.59 Å². The molecule has 0 spiro atoms. The van der Waals surface area contributed by atoms with Crippen LogP contribution in [0.15, 0.2) is 30.3 Å². The molecule has 1 amide bonds. The third kappa shape index (κ3) is 5.72. The third-order valence-electron chi connectivity index (χ3n) is 2.43. The van der Waals surface area contributed by atoms with E-state index < -0.39 is 5.97 Å². The predicted molar refractivity (Wildman–Crippen MR) is 72.8 cm³/mol. The second-order valence-electron chi connectivity index (χ2n) is 4.00.